The average molecular weight is 419 g/mol. The first-order valence-electron chi connectivity index (χ1n) is 9.23. The van der Waals surface area contributed by atoms with Gasteiger partial charge in [0.15, 0.2) is 18.2 Å². The van der Waals surface area contributed by atoms with E-state index >= 15 is 0 Å². The lowest BCUT2D eigenvalue weighted by Gasteiger charge is -2.07. The molecule has 0 saturated carbocycles. The van der Waals surface area contributed by atoms with Gasteiger partial charge in [-0.2, -0.15) is 0 Å². The third-order valence-electron chi connectivity index (χ3n) is 4.04. The van der Waals surface area contributed by atoms with Gasteiger partial charge in [-0.3, -0.25) is 14.4 Å². The van der Waals surface area contributed by atoms with Crippen LogP contribution in [-0.4, -0.2) is 37.9 Å². The molecule has 2 aromatic carbocycles. The molecule has 0 saturated heterocycles. The predicted molar refractivity (Wildman–Crippen MR) is 109 cm³/mol. The summed E-state index contributed by atoms with van der Waals surface area (Å²) in [6.07, 6.45) is 0.789. The minimum Gasteiger partial charge on any atom is -0.495 e. The van der Waals surface area contributed by atoms with E-state index in [9.17, 15) is 14.4 Å². The van der Waals surface area contributed by atoms with Gasteiger partial charge in [0, 0.05) is 17.5 Å². The second kappa shape index (κ2) is 11.2. The number of hydrogen-bond donors (Lipinski definition) is 0. The molecule has 0 fully saturated rings. The number of methoxy groups -OCH3 is 1. The van der Waals surface area contributed by atoms with E-state index < -0.39 is 18.4 Å². The fourth-order valence-electron chi connectivity index (χ4n) is 2.46. The van der Waals surface area contributed by atoms with Crippen molar-refractivity contribution in [3.8, 4) is 11.5 Å². The van der Waals surface area contributed by atoms with Crippen molar-refractivity contribution in [2.24, 2.45) is 0 Å². The van der Waals surface area contributed by atoms with Crippen molar-refractivity contribution < 1.29 is 28.6 Å². The molecule has 7 heteroatoms. The molecule has 0 aliphatic carbocycles. The van der Waals surface area contributed by atoms with Crippen molar-refractivity contribution >= 4 is 29.1 Å². The Balaban J connectivity index is 1.78. The van der Waals surface area contributed by atoms with E-state index in [-0.39, 0.29) is 18.6 Å². The second-order valence-corrected chi connectivity index (χ2v) is 6.64. The number of benzene rings is 2. The van der Waals surface area contributed by atoms with E-state index in [1.165, 1.54) is 19.2 Å². The van der Waals surface area contributed by atoms with E-state index in [0.29, 0.717) is 34.3 Å². The topological polar surface area (TPSA) is 78.9 Å². The van der Waals surface area contributed by atoms with Crippen LogP contribution >= 0.6 is 11.6 Å². The van der Waals surface area contributed by atoms with Crippen LogP contribution in [0, 0.1) is 0 Å². The lowest BCUT2D eigenvalue weighted by atomic mass is 10.1. The van der Waals surface area contributed by atoms with Gasteiger partial charge in [-0.1, -0.05) is 18.5 Å². The van der Waals surface area contributed by atoms with Crippen molar-refractivity contribution in [3.05, 3.63) is 58.6 Å². The highest BCUT2D eigenvalue weighted by Gasteiger charge is 2.14. The van der Waals surface area contributed by atoms with Gasteiger partial charge in [-0.15, -0.1) is 0 Å². The van der Waals surface area contributed by atoms with Gasteiger partial charge >= 0.3 is 5.97 Å². The SMILES string of the molecule is CCCOc1ccc(C(=O)CCC(=O)OCC(=O)c2ccc(OC)c(Cl)c2)cc1. The number of halogens is 1. The lowest BCUT2D eigenvalue weighted by molar-refractivity contribution is -0.142. The Morgan fingerprint density at radius 2 is 1.62 bits per heavy atom. The monoisotopic (exact) mass is 418 g/mol. The van der Waals surface area contributed by atoms with E-state index in [4.69, 9.17) is 25.8 Å². The Hall–Kier alpha value is -2.86. The zero-order valence-corrected chi connectivity index (χ0v) is 17.2. The van der Waals surface area contributed by atoms with Crippen LogP contribution in [0.3, 0.4) is 0 Å². The molecule has 0 aliphatic heterocycles. The van der Waals surface area contributed by atoms with Crippen molar-refractivity contribution in [3.63, 3.8) is 0 Å². The molecule has 2 rings (SSSR count). The Bertz CT molecular complexity index is 860. The Morgan fingerprint density at radius 3 is 2.24 bits per heavy atom. The number of ketones is 2. The summed E-state index contributed by atoms with van der Waals surface area (Å²) in [5.74, 6) is -0.0491. The van der Waals surface area contributed by atoms with Crippen molar-refractivity contribution in [2.75, 3.05) is 20.3 Å². The molecule has 0 atom stereocenters. The van der Waals surface area contributed by atoms with E-state index in [2.05, 4.69) is 0 Å². The first kappa shape index (κ1) is 22.4. The largest absolute Gasteiger partial charge is 0.495 e. The average Bonchev–Trinajstić information content (AvgIpc) is 2.74. The van der Waals surface area contributed by atoms with Crippen LogP contribution in [0.15, 0.2) is 42.5 Å². The molecule has 0 heterocycles. The third kappa shape index (κ3) is 6.91. The molecular weight excluding hydrogens is 396 g/mol. The first-order valence-corrected chi connectivity index (χ1v) is 9.60. The van der Waals surface area contributed by atoms with Crippen LogP contribution in [0.25, 0.3) is 0 Å². The summed E-state index contributed by atoms with van der Waals surface area (Å²) in [4.78, 5) is 36.2. The Morgan fingerprint density at radius 1 is 0.931 bits per heavy atom. The molecule has 0 aliphatic rings. The molecule has 0 amide bonds. The summed E-state index contributed by atoms with van der Waals surface area (Å²) in [6.45, 7) is 2.20. The van der Waals surface area contributed by atoms with Gasteiger partial charge in [0.2, 0.25) is 0 Å². The van der Waals surface area contributed by atoms with Gasteiger partial charge in [0.05, 0.1) is 25.2 Å². The maximum absolute atomic E-state index is 12.2. The molecule has 29 heavy (non-hydrogen) atoms. The molecule has 0 spiro atoms. The predicted octanol–water partition coefficient (Wildman–Crippen LogP) is 4.53. The highest BCUT2D eigenvalue weighted by molar-refractivity contribution is 6.32. The quantitative estimate of drug-likeness (QED) is 0.394. The van der Waals surface area contributed by atoms with E-state index in [1.807, 2.05) is 6.92 Å². The summed E-state index contributed by atoms with van der Waals surface area (Å²) < 4.78 is 15.5. The lowest BCUT2D eigenvalue weighted by Crippen LogP contribution is -2.15. The maximum Gasteiger partial charge on any atom is 0.306 e. The third-order valence-corrected chi connectivity index (χ3v) is 4.34. The summed E-state index contributed by atoms with van der Waals surface area (Å²) in [6, 6.07) is 11.3. The summed E-state index contributed by atoms with van der Waals surface area (Å²) in [7, 11) is 1.47. The molecule has 0 aromatic heterocycles. The van der Waals surface area contributed by atoms with Gasteiger partial charge in [-0.05, 0) is 48.9 Å². The van der Waals surface area contributed by atoms with E-state index in [0.717, 1.165) is 6.42 Å². The number of hydrogen-bond acceptors (Lipinski definition) is 6. The number of Topliss-reactive ketones (excluding diaryl/α,β-unsaturated/α-hetero) is 2. The smallest absolute Gasteiger partial charge is 0.306 e. The summed E-state index contributed by atoms with van der Waals surface area (Å²) >= 11 is 5.98. The zero-order valence-electron chi connectivity index (χ0n) is 16.4. The number of carbonyl (C=O) groups excluding carboxylic acids is 3. The molecule has 0 unspecified atom stereocenters. The molecule has 154 valence electrons. The normalized spacial score (nSPS) is 10.3. The van der Waals surface area contributed by atoms with Gasteiger partial charge < -0.3 is 14.2 Å². The van der Waals surface area contributed by atoms with Crippen LogP contribution < -0.4 is 9.47 Å². The Kier molecular flexibility index (Phi) is 8.68. The zero-order chi connectivity index (χ0) is 21.2. The van der Waals surface area contributed by atoms with Crippen molar-refractivity contribution in [1.29, 1.82) is 0 Å². The van der Waals surface area contributed by atoms with Crippen LogP contribution in [0.4, 0.5) is 0 Å². The molecule has 0 N–H and O–H groups in total. The van der Waals surface area contributed by atoms with Crippen molar-refractivity contribution in [1.82, 2.24) is 0 Å². The second-order valence-electron chi connectivity index (χ2n) is 6.23. The standard InChI is InChI=1S/C22H23ClO6/c1-3-12-28-17-7-4-15(5-8-17)19(24)9-11-22(26)29-14-20(25)16-6-10-21(27-2)18(23)13-16/h4-8,10,13H,3,9,11-12,14H2,1-2H3. The fourth-order valence-corrected chi connectivity index (χ4v) is 2.72. The number of ether oxygens (including phenoxy) is 3. The Labute approximate surface area is 174 Å². The maximum atomic E-state index is 12.2. The first-order chi connectivity index (χ1) is 13.9. The molecule has 0 bridgehead atoms. The van der Waals surface area contributed by atoms with E-state index in [1.54, 1.807) is 30.3 Å². The van der Waals surface area contributed by atoms with Crippen molar-refractivity contribution in [2.45, 2.75) is 26.2 Å². The molecule has 0 radical (unpaired) electrons. The van der Waals surface area contributed by atoms with Crippen LogP contribution in [-0.2, 0) is 9.53 Å². The van der Waals surface area contributed by atoms with Gasteiger partial charge in [0.1, 0.15) is 11.5 Å². The number of esters is 1. The summed E-state index contributed by atoms with van der Waals surface area (Å²) in [5, 5.41) is 0.293. The number of rotatable bonds is 11. The van der Waals surface area contributed by atoms with Crippen LogP contribution in [0.2, 0.25) is 5.02 Å². The minimum absolute atomic E-state index is 0.00342. The van der Waals surface area contributed by atoms with Gasteiger partial charge in [-0.25, -0.2) is 0 Å². The van der Waals surface area contributed by atoms with Crippen LogP contribution in [0.5, 0.6) is 11.5 Å². The highest BCUT2D eigenvalue weighted by atomic mass is 35.5. The highest BCUT2D eigenvalue weighted by Crippen LogP contribution is 2.25. The number of carbonyl (C=O) groups is 3. The minimum atomic E-state index is -0.616. The van der Waals surface area contributed by atoms with Gasteiger partial charge in [0.25, 0.3) is 0 Å². The molecule has 2 aromatic rings. The van der Waals surface area contributed by atoms with Crippen LogP contribution in [0.1, 0.15) is 46.9 Å². The fraction of sp³-hybridized carbons (Fsp3) is 0.318. The molecular formula is C22H23ClO6. The molecule has 6 nitrogen and oxygen atoms in total. The summed E-state index contributed by atoms with van der Waals surface area (Å²) in [5.41, 5.74) is 0.802.